The second kappa shape index (κ2) is 6.70. The summed E-state index contributed by atoms with van der Waals surface area (Å²) < 4.78 is 0. The number of rotatable bonds is 5. The van der Waals surface area contributed by atoms with Crippen LogP contribution in [0.3, 0.4) is 0 Å². The smallest absolute Gasteiger partial charge is 0.225 e. The van der Waals surface area contributed by atoms with Gasteiger partial charge in [-0.2, -0.15) is 0 Å². The lowest BCUT2D eigenvalue weighted by molar-refractivity contribution is -0.133. The molecule has 1 atom stereocenters. The number of nitrogens with zero attached hydrogens (tertiary/aromatic N) is 1. The minimum absolute atomic E-state index is 0. The summed E-state index contributed by atoms with van der Waals surface area (Å²) in [5, 5.41) is 0. The van der Waals surface area contributed by atoms with Gasteiger partial charge in [0.1, 0.15) is 0 Å². The summed E-state index contributed by atoms with van der Waals surface area (Å²) in [6.45, 7) is 9.34. The van der Waals surface area contributed by atoms with Gasteiger partial charge in [-0.3, -0.25) is 9.59 Å². The Balaban J connectivity index is 0.00000242. The Labute approximate surface area is 128 Å². The van der Waals surface area contributed by atoms with Crippen molar-refractivity contribution in [3.63, 3.8) is 0 Å². The highest BCUT2D eigenvalue weighted by Crippen LogP contribution is 2.25. The standard InChI is InChI=1S/C18H23NO2.H2/c1-13(2)18(21)19-10-9-15(12-19)11-14(3)17(20)16-7-5-4-6-8-16;/h4-8,13,15H,3,9-12H2,1-2H3;1H. The highest BCUT2D eigenvalue weighted by Gasteiger charge is 2.28. The first-order valence-corrected chi connectivity index (χ1v) is 7.55. The van der Waals surface area contributed by atoms with Gasteiger partial charge in [-0.15, -0.1) is 0 Å². The van der Waals surface area contributed by atoms with E-state index in [4.69, 9.17) is 0 Å². The van der Waals surface area contributed by atoms with Crippen LogP contribution in [0, 0.1) is 11.8 Å². The predicted molar refractivity (Wildman–Crippen MR) is 86.2 cm³/mol. The fraction of sp³-hybridized carbons (Fsp3) is 0.444. The third-order valence-electron chi connectivity index (χ3n) is 3.98. The molecule has 1 aromatic rings. The molecule has 2 rings (SSSR count). The molecule has 1 aliphatic rings. The van der Waals surface area contributed by atoms with Crippen LogP contribution >= 0.6 is 0 Å². The molecule has 1 heterocycles. The molecule has 0 bridgehead atoms. The summed E-state index contributed by atoms with van der Waals surface area (Å²) in [6.07, 6.45) is 1.63. The van der Waals surface area contributed by atoms with E-state index in [0.29, 0.717) is 23.5 Å². The van der Waals surface area contributed by atoms with Crippen molar-refractivity contribution in [1.29, 1.82) is 0 Å². The van der Waals surface area contributed by atoms with Crippen molar-refractivity contribution in [2.24, 2.45) is 11.8 Å². The molecule has 114 valence electrons. The first kappa shape index (κ1) is 15.5. The number of benzene rings is 1. The average molecular weight is 287 g/mol. The molecule has 1 unspecified atom stereocenters. The van der Waals surface area contributed by atoms with Crippen molar-refractivity contribution in [2.45, 2.75) is 26.7 Å². The zero-order valence-corrected chi connectivity index (χ0v) is 12.8. The molecule has 3 nitrogen and oxygen atoms in total. The van der Waals surface area contributed by atoms with E-state index in [2.05, 4.69) is 6.58 Å². The number of hydrogen-bond donors (Lipinski definition) is 0. The van der Waals surface area contributed by atoms with Crippen LogP contribution in [0.5, 0.6) is 0 Å². The average Bonchev–Trinajstić information content (AvgIpc) is 2.94. The monoisotopic (exact) mass is 287 g/mol. The maximum absolute atomic E-state index is 12.3. The van der Waals surface area contributed by atoms with Gasteiger partial charge < -0.3 is 4.90 Å². The van der Waals surface area contributed by atoms with Gasteiger partial charge in [0.2, 0.25) is 5.91 Å². The number of carbonyl (C=O) groups excluding carboxylic acids is 2. The largest absolute Gasteiger partial charge is 0.342 e. The SMILES string of the molecule is C=C(CC1CCN(C(=O)C(C)C)C1)C(=O)c1ccccc1.[HH]. The van der Waals surface area contributed by atoms with Crippen LogP contribution in [0.1, 0.15) is 38.5 Å². The lowest BCUT2D eigenvalue weighted by Crippen LogP contribution is -2.32. The molecule has 0 spiro atoms. The minimum Gasteiger partial charge on any atom is -0.342 e. The predicted octanol–water partition coefficient (Wildman–Crippen LogP) is 3.57. The topological polar surface area (TPSA) is 37.4 Å². The lowest BCUT2D eigenvalue weighted by Gasteiger charge is -2.19. The van der Waals surface area contributed by atoms with Crippen LogP contribution in [-0.4, -0.2) is 29.7 Å². The second-order valence-corrected chi connectivity index (χ2v) is 6.10. The van der Waals surface area contributed by atoms with Gasteiger partial charge in [0.15, 0.2) is 5.78 Å². The Morgan fingerprint density at radius 1 is 1.33 bits per heavy atom. The van der Waals surface area contributed by atoms with Gasteiger partial charge in [0, 0.05) is 26.0 Å². The van der Waals surface area contributed by atoms with Gasteiger partial charge in [-0.25, -0.2) is 0 Å². The van der Waals surface area contributed by atoms with Gasteiger partial charge in [0.05, 0.1) is 0 Å². The lowest BCUT2D eigenvalue weighted by atomic mass is 9.94. The van der Waals surface area contributed by atoms with Crippen molar-refractivity contribution in [2.75, 3.05) is 13.1 Å². The number of ketones is 1. The first-order chi connectivity index (χ1) is 9.99. The molecule has 3 heteroatoms. The van der Waals surface area contributed by atoms with Gasteiger partial charge in [0.25, 0.3) is 0 Å². The highest BCUT2D eigenvalue weighted by molar-refractivity contribution is 6.08. The summed E-state index contributed by atoms with van der Waals surface area (Å²) in [5.74, 6) is 0.618. The van der Waals surface area contributed by atoms with Gasteiger partial charge in [-0.1, -0.05) is 50.8 Å². The van der Waals surface area contributed by atoms with E-state index in [0.717, 1.165) is 19.5 Å². The van der Waals surface area contributed by atoms with E-state index >= 15 is 0 Å². The van der Waals surface area contributed by atoms with Crippen LogP contribution in [0.4, 0.5) is 0 Å². The van der Waals surface area contributed by atoms with E-state index < -0.39 is 0 Å². The van der Waals surface area contributed by atoms with Gasteiger partial charge >= 0.3 is 0 Å². The van der Waals surface area contributed by atoms with Gasteiger partial charge in [-0.05, 0) is 24.3 Å². The molecule has 0 radical (unpaired) electrons. The molecule has 0 saturated carbocycles. The third-order valence-corrected chi connectivity index (χ3v) is 3.98. The first-order valence-electron chi connectivity index (χ1n) is 7.55. The third kappa shape index (κ3) is 3.81. The van der Waals surface area contributed by atoms with E-state index in [1.807, 2.05) is 49.1 Å². The summed E-state index contributed by atoms with van der Waals surface area (Å²) in [7, 11) is 0. The zero-order valence-electron chi connectivity index (χ0n) is 12.8. The number of amides is 1. The maximum atomic E-state index is 12.3. The van der Waals surface area contributed by atoms with Crippen molar-refractivity contribution in [3.8, 4) is 0 Å². The fourth-order valence-corrected chi connectivity index (χ4v) is 2.80. The Hall–Kier alpha value is -1.90. The highest BCUT2D eigenvalue weighted by atomic mass is 16.2. The Morgan fingerprint density at radius 2 is 2.00 bits per heavy atom. The quantitative estimate of drug-likeness (QED) is 0.613. The molecule has 1 saturated heterocycles. The molecule has 21 heavy (non-hydrogen) atoms. The molecule has 1 fully saturated rings. The van der Waals surface area contributed by atoms with Crippen LogP contribution in [-0.2, 0) is 4.79 Å². The summed E-state index contributed by atoms with van der Waals surface area (Å²) in [5.41, 5.74) is 1.33. The molecule has 0 N–H and O–H groups in total. The van der Waals surface area contributed by atoms with Crippen LogP contribution in [0.25, 0.3) is 0 Å². The number of allylic oxidation sites excluding steroid dienone is 1. The Morgan fingerprint density at radius 3 is 2.62 bits per heavy atom. The normalized spacial score (nSPS) is 18.0. The van der Waals surface area contributed by atoms with Crippen molar-refractivity contribution in [1.82, 2.24) is 4.90 Å². The van der Waals surface area contributed by atoms with Crippen LogP contribution in [0.15, 0.2) is 42.5 Å². The Bertz CT molecular complexity index is 539. The number of Topliss-reactive ketones (excluding diaryl/α,β-unsaturated/α-hetero) is 1. The maximum Gasteiger partial charge on any atom is 0.225 e. The van der Waals surface area contributed by atoms with Crippen molar-refractivity contribution in [3.05, 3.63) is 48.0 Å². The number of carbonyl (C=O) groups is 2. The minimum atomic E-state index is 0. The zero-order chi connectivity index (χ0) is 15.4. The molecule has 0 aromatic heterocycles. The Kier molecular flexibility index (Phi) is 4.94. The fourth-order valence-electron chi connectivity index (χ4n) is 2.80. The molecule has 1 aliphatic heterocycles. The molecule has 0 aliphatic carbocycles. The van der Waals surface area contributed by atoms with Crippen LogP contribution in [0.2, 0.25) is 0 Å². The van der Waals surface area contributed by atoms with E-state index in [1.165, 1.54) is 0 Å². The molecule has 1 aromatic carbocycles. The van der Waals surface area contributed by atoms with Crippen molar-refractivity contribution < 1.29 is 11.0 Å². The summed E-state index contributed by atoms with van der Waals surface area (Å²) in [4.78, 5) is 26.2. The number of likely N-dealkylation sites (tertiary alicyclic amines) is 1. The summed E-state index contributed by atoms with van der Waals surface area (Å²) in [6, 6.07) is 9.25. The number of hydrogen-bond acceptors (Lipinski definition) is 2. The second-order valence-electron chi connectivity index (χ2n) is 6.10. The van der Waals surface area contributed by atoms with E-state index in [-0.39, 0.29) is 19.0 Å². The molecular formula is C18H25NO2. The van der Waals surface area contributed by atoms with E-state index in [1.54, 1.807) is 0 Å². The van der Waals surface area contributed by atoms with E-state index in [9.17, 15) is 9.59 Å². The summed E-state index contributed by atoms with van der Waals surface area (Å²) >= 11 is 0. The van der Waals surface area contributed by atoms with Crippen molar-refractivity contribution >= 4 is 11.7 Å². The molecule has 1 amide bonds. The van der Waals surface area contributed by atoms with Crippen LogP contribution < -0.4 is 0 Å². The molecular weight excluding hydrogens is 262 g/mol.